The number of ketones is 1. The summed E-state index contributed by atoms with van der Waals surface area (Å²) in [6, 6.07) is 7.35. The van der Waals surface area contributed by atoms with Gasteiger partial charge in [-0.25, -0.2) is 0 Å². The third-order valence-electron chi connectivity index (χ3n) is 2.58. The minimum absolute atomic E-state index is 0.0673. The highest BCUT2D eigenvalue weighted by Gasteiger charge is 2.13. The molecule has 0 aliphatic heterocycles. The number of benzene rings is 1. The van der Waals surface area contributed by atoms with Crippen molar-refractivity contribution in [1.82, 2.24) is 4.90 Å². The second kappa shape index (κ2) is 7.84. The molecule has 1 rings (SSSR count). The van der Waals surface area contributed by atoms with E-state index in [0.29, 0.717) is 31.1 Å². The zero-order valence-corrected chi connectivity index (χ0v) is 11.3. The van der Waals surface area contributed by atoms with Crippen molar-refractivity contribution in [3.63, 3.8) is 0 Å². The molecule has 0 aliphatic rings. The maximum atomic E-state index is 12.2. The van der Waals surface area contributed by atoms with Gasteiger partial charge in [0.05, 0.1) is 25.3 Å². The second-order valence-corrected chi connectivity index (χ2v) is 4.08. The number of Topliss-reactive ketones (excluding diaryl/α,β-unsaturated/α-hetero) is 1. The first-order valence-corrected chi connectivity index (χ1v) is 6.11. The van der Waals surface area contributed by atoms with Crippen molar-refractivity contribution >= 4 is 5.78 Å². The predicted molar refractivity (Wildman–Crippen MR) is 71.3 cm³/mol. The normalized spacial score (nSPS) is 10.7. The van der Waals surface area contributed by atoms with Gasteiger partial charge in [0.15, 0.2) is 5.78 Å². The monoisotopic (exact) mass is 251 g/mol. The summed E-state index contributed by atoms with van der Waals surface area (Å²) in [5.74, 6) is 0.725. The summed E-state index contributed by atoms with van der Waals surface area (Å²) in [4.78, 5) is 14.1. The van der Waals surface area contributed by atoms with Gasteiger partial charge in [0, 0.05) is 13.7 Å². The lowest BCUT2D eigenvalue weighted by molar-refractivity contribution is 0.0919. The van der Waals surface area contributed by atoms with Gasteiger partial charge < -0.3 is 9.47 Å². The standard InChI is InChI=1S/C14H21NO3/c1-4-18-14-8-6-5-7-12(14)13(16)11-15(2)9-10-17-3/h5-8H,4,9-11H2,1-3H3. The molecule has 0 amide bonds. The van der Waals surface area contributed by atoms with Crippen LogP contribution in [0.5, 0.6) is 5.75 Å². The molecule has 0 aliphatic carbocycles. The number of nitrogens with zero attached hydrogens (tertiary/aromatic N) is 1. The van der Waals surface area contributed by atoms with E-state index >= 15 is 0 Å². The van der Waals surface area contributed by atoms with Gasteiger partial charge in [-0.1, -0.05) is 12.1 Å². The fraction of sp³-hybridized carbons (Fsp3) is 0.500. The van der Waals surface area contributed by atoms with Crippen molar-refractivity contribution in [3.05, 3.63) is 29.8 Å². The average molecular weight is 251 g/mol. The van der Waals surface area contributed by atoms with Crippen LogP contribution in [-0.4, -0.2) is 51.1 Å². The number of carbonyl (C=O) groups excluding carboxylic acids is 1. The number of para-hydroxylation sites is 1. The van der Waals surface area contributed by atoms with E-state index in [9.17, 15) is 4.79 Å². The van der Waals surface area contributed by atoms with Crippen LogP contribution in [0.2, 0.25) is 0 Å². The number of methoxy groups -OCH3 is 1. The zero-order valence-electron chi connectivity index (χ0n) is 11.3. The van der Waals surface area contributed by atoms with Crippen molar-refractivity contribution in [2.24, 2.45) is 0 Å². The van der Waals surface area contributed by atoms with Crippen LogP contribution in [0.25, 0.3) is 0 Å². The highest BCUT2D eigenvalue weighted by atomic mass is 16.5. The molecule has 1 aromatic rings. The van der Waals surface area contributed by atoms with Crippen molar-refractivity contribution in [2.45, 2.75) is 6.92 Å². The van der Waals surface area contributed by atoms with E-state index < -0.39 is 0 Å². The van der Waals surface area contributed by atoms with Crippen LogP contribution in [-0.2, 0) is 4.74 Å². The average Bonchev–Trinajstić information content (AvgIpc) is 2.37. The summed E-state index contributed by atoms with van der Waals surface area (Å²) in [5, 5.41) is 0. The van der Waals surface area contributed by atoms with Crippen LogP contribution >= 0.6 is 0 Å². The van der Waals surface area contributed by atoms with Crippen molar-refractivity contribution in [3.8, 4) is 5.75 Å². The first kappa shape index (κ1) is 14.7. The molecular weight excluding hydrogens is 230 g/mol. The Morgan fingerprint density at radius 2 is 2.06 bits per heavy atom. The molecule has 0 radical (unpaired) electrons. The molecule has 4 heteroatoms. The van der Waals surface area contributed by atoms with Gasteiger partial charge in [0.25, 0.3) is 0 Å². The van der Waals surface area contributed by atoms with Crippen LogP contribution in [0.15, 0.2) is 24.3 Å². The Kier molecular flexibility index (Phi) is 6.39. The lowest BCUT2D eigenvalue weighted by atomic mass is 10.1. The van der Waals surface area contributed by atoms with E-state index in [0.717, 1.165) is 6.54 Å². The molecule has 0 saturated heterocycles. The molecular formula is C14H21NO3. The van der Waals surface area contributed by atoms with Gasteiger partial charge >= 0.3 is 0 Å². The lowest BCUT2D eigenvalue weighted by Crippen LogP contribution is -2.29. The van der Waals surface area contributed by atoms with Crippen molar-refractivity contribution in [2.75, 3.05) is 40.5 Å². The SMILES string of the molecule is CCOc1ccccc1C(=O)CN(C)CCOC. The van der Waals surface area contributed by atoms with Gasteiger partial charge in [0.1, 0.15) is 5.75 Å². The predicted octanol–water partition coefficient (Wildman–Crippen LogP) is 1.85. The Morgan fingerprint density at radius 1 is 1.33 bits per heavy atom. The maximum Gasteiger partial charge on any atom is 0.180 e. The molecule has 100 valence electrons. The summed E-state index contributed by atoms with van der Waals surface area (Å²) >= 11 is 0. The maximum absolute atomic E-state index is 12.2. The zero-order chi connectivity index (χ0) is 13.4. The Balaban J connectivity index is 2.65. The summed E-state index contributed by atoms with van der Waals surface area (Å²) < 4.78 is 10.4. The van der Waals surface area contributed by atoms with Crippen LogP contribution in [0, 0.1) is 0 Å². The third kappa shape index (κ3) is 4.47. The molecule has 0 bridgehead atoms. The van der Waals surface area contributed by atoms with Crippen LogP contribution in [0.3, 0.4) is 0 Å². The molecule has 18 heavy (non-hydrogen) atoms. The number of hydrogen-bond donors (Lipinski definition) is 0. The first-order valence-electron chi connectivity index (χ1n) is 6.11. The third-order valence-corrected chi connectivity index (χ3v) is 2.58. The topological polar surface area (TPSA) is 38.8 Å². The van der Waals surface area contributed by atoms with E-state index in [2.05, 4.69) is 0 Å². The molecule has 0 aromatic heterocycles. The highest BCUT2D eigenvalue weighted by molar-refractivity contribution is 6.00. The molecule has 0 heterocycles. The second-order valence-electron chi connectivity index (χ2n) is 4.08. The smallest absolute Gasteiger partial charge is 0.180 e. The van der Waals surface area contributed by atoms with E-state index in [1.54, 1.807) is 13.2 Å². The quantitative estimate of drug-likeness (QED) is 0.661. The van der Waals surface area contributed by atoms with Gasteiger partial charge in [-0.2, -0.15) is 0 Å². The van der Waals surface area contributed by atoms with E-state index in [4.69, 9.17) is 9.47 Å². The Morgan fingerprint density at radius 3 is 2.72 bits per heavy atom. The molecule has 4 nitrogen and oxygen atoms in total. The number of likely N-dealkylation sites (N-methyl/N-ethyl adjacent to an activating group) is 1. The number of ether oxygens (including phenoxy) is 2. The van der Waals surface area contributed by atoms with Crippen molar-refractivity contribution in [1.29, 1.82) is 0 Å². The minimum Gasteiger partial charge on any atom is -0.493 e. The van der Waals surface area contributed by atoms with E-state index in [1.807, 2.05) is 37.1 Å². The molecule has 1 aromatic carbocycles. The first-order chi connectivity index (χ1) is 8.69. The highest BCUT2D eigenvalue weighted by Crippen LogP contribution is 2.18. The largest absolute Gasteiger partial charge is 0.493 e. The fourth-order valence-corrected chi connectivity index (χ4v) is 1.63. The molecule has 0 spiro atoms. The summed E-state index contributed by atoms with van der Waals surface area (Å²) in [7, 11) is 3.56. The number of hydrogen-bond acceptors (Lipinski definition) is 4. The van der Waals surface area contributed by atoms with Gasteiger partial charge in [-0.3, -0.25) is 9.69 Å². The Labute approximate surface area is 108 Å². The molecule has 0 unspecified atom stereocenters. The Hall–Kier alpha value is -1.39. The van der Waals surface area contributed by atoms with E-state index in [-0.39, 0.29) is 5.78 Å². The summed E-state index contributed by atoms with van der Waals surface area (Å²) in [6.45, 7) is 4.19. The lowest BCUT2D eigenvalue weighted by Gasteiger charge is -2.16. The molecule has 0 atom stereocenters. The minimum atomic E-state index is 0.0673. The summed E-state index contributed by atoms with van der Waals surface area (Å²) in [5.41, 5.74) is 0.642. The van der Waals surface area contributed by atoms with Crippen LogP contribution in [0.4, 0.5) is 0 Å². The van der Waals surface area contributed by atoms with Crippen molar-refractivity contribution < 1.29 is 14.3 Å². The number of rotatable bonds is 8. The molecule has 0 fully saturated rings. The Bertz CT molecular complexity index is 379. The van der Waals surface area contributed by atoms with E-state index in [1.165, 1.54) is 0 Å². The fourth-order valence-electron chi connectivity index (χ4n) is 1.63. The van der Waals surface area contributed by atoms with Gasteiger partial charge in [-0.15, -0.1) is 0 Å². The molecule has 0 saturated carbocycles. The van der Waals surface area contributed by atoms with Gasteiger partial charge in [-0.05, 0) is 26.1 Å². The van der Waals surface area contributed by atoms with Crippen LogP contribution in [0.1, 0.15) is 17.3 Å². The summed E-state index contributed by atoms with van der Waals surface area (Å²) in [6.07, 6.45) is 0. The number of carbonyl (C=O) groups is 1. The van der Waals surface area contributed by atoms with Gasteiger partial charge in [0.2, 0.25) is 0 Å². The van der Waals surface area contributed by atoms with Crippen LogP contribution < -0.4 is 4.74 Å². The molecule has 0 N–H and O–H groups in total.